The van der Waals surface area contributed by atoms with Crippen molar-refractivity contribution < 1.29 is 19.2 Å². The van der Waals surface area contributed by atoms with Crippen LogP contribution in [0.1, 0.15) is 5.56 Å². The predicted octanol–water partition coefficient (Wildman–Crippen LogP) is 1.91. The van der Waals surface area contributed by atoms with Gasteiger partial charge in [-0.2, -0.15) is 0 Å². The standard InChI is InChI=1S/C20H24N2O3/c1-4-13-25-19-9-5-16(6-10-19)14-22(2)15-20(23)21-17-7-11-18(24-3)12-8-17/h4-12H,1,13-15H2,2-3H3,(H,21,23)/p+1. The molecule has 5 heteroatoms. The van der Waals surface area contributed by atoms with E-state index in [2.05, 4.69) is 11.9 Å². The zero-order valence-corrected chi connectivity index (χ0v) is 14.7. The summed E-state index contributed by atoms with van der Waals surface area (Å²) in [5.74, 6) is 1.56. The number of carbonyl (C=O) groups excluding carboxylic acids is 1. The van der Waals surface area contributed by atoms with E-state index in [1.54, 1.807) is 13.2 Å². The third-order valence-electron chi connectivity index (χ3n) is 3.63. The lowest BCUT2D eigenvalue weighted by Gasteiger charge is -2.14. The molecule has 0 aromatic heterocycles. The largest absolute Gasteiger partial charge is 0.497 e. The number of ether oxygens (including phenoxy) is 2. The predicted molar refractivity (Wildman–Crippen MR) is 99.2 cm³/mol. The van der Waals surface area contributed by atoms with Crippen molar-refractivity contribution in [2.24, 2.45) is 0 Å². The highest BCUT2D eigenvalue weighted by Gasteiger charge is 2.11. The topological polar surface area (TPSA) is 52.0 Å². The Hall–Kier alpha value is -2.79. The van der Waals surface area contributed by atoms with Crippen LogP contribution in [0.15, 0.2) is 61.2 Å². The molecule has 0 radical (unpaired) electrons. The molecule has 1 amide bonds. The summed E-state index contributed by atoms with van der Waals surface area (Å²) in [5.41, 5.74) is 1.92. The Morgan fingerprint density at radius 1 is 1.12 bits per heavy atom. The second-order valence-electron chi connectivity index (χ2n) is 5.83. The van der Waals surface area contributed by atoms with Crippen LogP contribution in [-0.4, -0.2) is 33.2 Å². The number of benzene rings is 2. The van der Waals surface area contributed by atoms with Gasteiger partial charge < -0.3 is 19.7 Å². The maximum Gasteiger partial charge on any atom is 0.279 e. The van der Waals surface area contributed by atoms with E-state index in [9.17, 15) is 4.79 Å². The van der Waals surface area contributed by atoms with E-state index in [1.165, 1.54) is 0 Å². The average molecular weight is 341 g/mol. The third-order valence-corrected chi connectivity index (χ3v) is 3.63. The van der Waals surface area contributed by atoms with Crippen molar-refractivity contribution in [3.05, 3.63) is 66.7 Å². The van der Waals surface area contributed by atoms with Crippen molar-refractivity contribution in [1.29, 1.82) is 0 Å². The lowest BCUT2D eigenvalue weighted by atomic mass is 10.2. The SMILES string of the molecule is C=CCOc1ccc(C[NH+](C)CC(=O)Nc2ccc(OC)cc2)cc1. The molecule has 0 bridgehead atoms. The molecule has 0 saturated carbocycles. The Labute approximate surface area is 148 Å². The molecule has 2 aromatic rings. The molecule has 5 nitrogen and oxygen atoms in total. The molecule has 0 aliphatic heterocycles. The van der Waals surface area contributed by atoms with Crippen LogP contribution >= 0.6 is 0 Å². The molecular weight excluding hydrogens is 316 g/mol. The highest BCUT2D eigenvalue weighted by molar-refractivity contribution is 5.91. The smallest absolute Gasteiger partial charge is 0.279 e. The van der Waals surface area contributed by atoms with Crippen molar-refractivity contribution in [3.63, 3.8) is 0 Å². The summed E-state index contributed by atoms with van der Waals surface area (Å²) >= 11 is 0. The number of amides is 1. The van der Waals surface area contributed by atoms with Crippen LogP contribution in [-0.2, 0) is 11.3 Å². The summed E-state index contributed by atoms with van der Waals surface area (Å²) in [6.07, 6.45) is 1.72. The average Bonchev–Trinajstić information content (AvgIpc) is 2.61. The van der Waals surface area contributed by atoms with Gasteiger partial charge in [-0.1, -0.05) is 12.7 Å². The van der Waals surface area contributed by atoms with Crippen LogP contribution in [0.4, 0.5) is 5.69 Å². The minimum Gasteiger partial charge on any atom is -0.497 e. The molecule has 2 aromatic carbocycles. The summed E-state index contributed by atoms with van der Waals surface area (Å²) in [4.78, 5) is 13.2. The van der Waals surface area contributed by atoms with Gasteiger partial charge in [0.15, 0.2) is 6.54 Å². The minimum atomic E-state index is -0.0198. The molecule has 132 valence electrons. The van der Waals surface area contributed by atoms with Crippen LogP contribution in [0.3, 0.4) is 0 Å². The third kappa shape index (κ3) is 6.31. The molecule has 1 unspecified atom stereocenters. The van der Waals surface area contributed by atoms with Gasteiger partial charge in [-0.05, 0) is 48.5 Å². The van der Waals surface area contributed by atoms with Gasteiger partial charge in [-0.3, -0.25) is 4.79 Å². The second-order valence-corrected chi connectivity index (χ2v) is 5.83. The molecule has 0 aliphatic rings. The molecule has 25 heavy (non-hydrogen) atoms. The lowest BCUT2D eigenvalue weighted by molar-refractivity contribution is -0.885. The van der Waals surface area contributed by atoms with Crippen molar-refractivity contribution in [2.45, 2.75) is 6.54 Å². The number of carbonyl (C=O) groups is 1. The van der Waals surface area contributed by atoms with Crippen LogP contribution in [0, 0.1) is 0 Å². The molecule has 0 fully saturated rings. The zero-order chi connectivity index (χ0) is 18.1. The Kier molecular flexibility index (Phi) is 7.04. The second kappa shape index (κ2) is 9.49. The van der Waals surface area contributed by atoms with E-state index in [0.717, 1.165) is 34.2 Å². The number of hydrogen-bond acceptors (Lipinski definition) is 3. The van der Waals surface area contributed by atoms with Crippen molar-refractivity contribution in [1.82, 2.24) is 0 Å². The summed E-state index contributed by atoms with van der Waals surface area (Å²) < 4.78 is 10.6. The van der Waals surface area contributed by atoms with Crippen LogP contribution in [0.25, 0.3) is 0 Å². The first-order chi connectivity index (χ1) is 12.1. The normalized spacial score (nSPS) is 11.4. The quantitative estimate of drug-likeness (QED) is 0.685. The number of anilines is 1. The Balaban J connectivity index is 1.81. The highest BCUT2D eigenvalue weighted by atomic mass is 16.5. The Morgan fingerprint density at radius 3 is 2.36 bits per heavy atom. The monoisotopic (exact) mass is 341 g/mol. The Bertz CT molecular complexity index is 681. The van der Waals surface area contributed by atoms with Crippen LogP contribution < -0.4 is 19.7 Å². The molecule has 1 atom stereocenters. The maximum atomic E-state index is 12.1. The van der Waals surface area contributed by atoms with Crippen molar-refractivity contribution in [3.8, 4) is 11.5 Å². The van der Waals surface area contributed by atoms with E-state index in [0.29, 0.717) is 13.2 Å². The van der Waals surface area contributed by atoms with E-state index >= 15 is 0 Å². The van der Waals surface area contributed by atoms with Gasteiger partial charge in [0.2, 0.25) is 0 Å². The number of methoxy groups -OCH3 is 1. The van der Waals surface area contributed by atoms with Gasteiger partial charge in [0.1, 0.15) is 24.7 Å². The molecule has 0 spiro atoms. The first-order valence-corrected chi connectivity index (χ1v) is 8.18. The molecule has 0 heterocycles. The molecule has 0 aliphatic carbocycles. The van der Waals surface area contributed by atoms with E-state index in [-0.39, 0.29) is 5.91 Å². The number of nitrogens with one attached hydrogen (secondary N) is 2. The number of likely N-dealkylation sites (N-methyl/N-ethyl adjacent to an activating group) is 1. The van der Waals surface area contributed by atoms with E-state index in [4.69, 9.17) is 9.47 Å². The van der Waals surface area contributed by atoms with Crippen LogP contribution in [0.2, 0.25) is 0 Å². The Morgan fingerprint density at radius 2 is 1.76 bits per heavy atom. The summed E-state index contributed by atoms with van der Waals surface area (Å²) in [6, 6.07) is 15.2. The first kappa shape index (κ1) is 18.5. The van der Waals surface area contributed by atoms with Crippen LogP contribution in [0.5, 0.6) is 11.5 Å². The fourth-order valence-corrected chi connectivity index (χ4v) is 2.42. The number of quaternary nitrogens is 1. The first-order valence-electron chi connectivity index (χ1n) is 8.18. The van der Waals surface area contributed by atoms with Gasteiger partial charge in [-0.15, -0.1) is 0 Å². The highest BCUT2D eigenvalue weighted by Crippen LogP contribution is 2.14. The molecular formula is C20H25N2O3+. The van der Waals surface area contributed by atoms with Gasteiger partial charge in [-0.25, -0.2) is 0 Å². The van der Waals surface area contributed by atoms with E-state index in [1.807, 2.05) is 55.6 Å². The number of rotatable bonds is 9. The molecule has 0 saturated heterocycles. The van der Waals surface area contributed by atoms with Gasteiger partial charge in [0.05, 0.1) is 14.2 Å². The van der Waals surface area contributed by atoms with Gasteiger partial charge in [0, 0.05) is 11.3 Å². The van der Waals surface area contributed by atoms with Crippen molar-refractivity contribution in [2.75, 3.05) is 32.6 Å². The molecule has 2 rings (SSSR count). The summed E-state index contributed by atoms with van der Waals surface area (Å²) in [6.45, 7) is 5.27. The lowest BCUT2D eigenvalue weighted by Crippen LogP contribution is -3.08. The zero-order valence-electron chi connectivity index (χ0n) is 14.7. The summed E-state index contributed by atoms with van der Waals surface area (Å²) in [5, 5.41) is 2.90. The fraction of sp³-hybridized carbons (Fsp3) is 0.250. The molecule has 2 N–H and O–H groups in total. The minimum absolute atomic E-state index is 0.0198. The number of hydrogen-bond donors (Lipinski definition) is 2. The van der Waals surface area contributed by atoms with Gasteiger partial charge in [0.25, 0.3) is 5.91 Å². The van der Waals surface area contributed by atoms with E-state index < -0.39 is 0 Å². The maximum absolute atomic E-state index is 12.1. The van der Waals surface area contributed by atoms with Gasteiger partial charge >= 0.3 is 0 Å². The fourth-order valence-electron chi connectivity index (χ4n) is 2.42. The summed E-state index contributed by atoms with van der Waals surface area (Å²) in [7, 11) is 3.61. The van der Waals surface area contributed by atoms with Crippen molar-refractivity contribution >= 4 is 11.6 Å².